The van der Waals surface area contributed by atoms with Gasteiger partial charge in [-0.25, -0.2) is 0 Å². The summed E-state index contributed by atoms with van der Waals surface area (Å²) in [5.41, 5.74) is 1.45. The predicted octanol–water partition coefficient (Wildman–Crippen LogP) is 3.60. The summed E-state index contributed by atoms with van der Waals surface area (Å²) in [5.74, 6) is 0. The molecule has 0 fully saturated rings. The van der Waals surface area contributed by atoms with Crippen LogP contribution in [0.15, 0.2) is 36.5 Å². The number of alkyl halides is 3. The van der Waals surface area contributed by atoms with Gasteiger partial charge < -0.3 is 5.32 Å². The summed E-state index contributed by atoms with van der Waals surface area (Å²) in [7, 11) is 0. The van der Waals surface area contributed by atoms with Gasteiger partial charge >= 0.3 is 6.18 Å². The van der Waals surface area contributed by atoms with E-state index in [1.54, 1.807) is 24.4 Å². The highest BCUT2D eigenvalue weighted by atomic mass is 19.4. The van der Waals surface area contributed by atoms with Gasteiger partial charge in [0.05, 0.1) is 11.9 Å². The second kappa shape index (κ2) is 4.61. The first-order chi connectivity index (χ1) is 8.06. The number of anilines is 1. The van der Waals surface area contributed by atoms with Crippen molar-refractivity contribution < 1.29 is 13.2 Å². The zero-order chi connectivity index (χ0) is 12.3. The molecule has 0 aliphatic rings. The van der Waals surface area contributed by atoms with E-state index in [0.717, 1.165) is 10.9 Å². The van der Waals surface area contributed by atoms with Crippen LogP contribution in [0.1, 0.15) is 6.42 Å². The average molecular weight is 240 g/mol. The maximum absolute atomic E-state index is 12.0. The number of nitrogens with zero attached hydrogens (tertiary/aromatic N) is 1. The summed E-state index contributed by atoms with van der Waals surface area (Å²) in [4.78, 5) is 4.14. The third-order valence-electron chi connectivity index (χ3n) is 2.37. The van der Waals surface area contributed by atoms with Crippen molar-refractivity contribution in [1.82, 2.24) is 4.98 Å². The number of benzene rings is 1. The van der Waals surface area contributed by atoms with Gasteiger partial charge in [0.2, 0.25) is 0 Å². The smallest absolute Gasteiger partial charge is 0.384 e. The fourth-order valence-corrected chi connectivity index (χ4v) is 1.60. The first-order valence-corrected chi connectivity index (χ1v) is 5.21. The van der Waals surface area contributed by atoms with Crippen LogP contribution in [0.5, 0.6) is 0 Å². The summed E-state index contributed by atoms with van der Waals surface area (Å²) in [6.45, 7) is -0.127. The van der Waals surface area contributed by atoms with Gasteiger partial charge in [0.15, 0.2) is 0 Å². The molecule has 0 radical (unpaired) electrons. The molecule has 0 aliphatic heterocycles. The Hall–Kier alpha value is -1.78. The number of aromatic nitrogens is 1. The summed E-state index contributed by atoms with van der Waals surface area (Å²) < 4.78 is 36.1. The number of nitrogens with one attached hydrogen (secondary N) is 1. The molecule has 1 aromatic carbocycles. The van der Waals surface area contributed by atoms with E-state index in [2.05, 4.69) is 10.3 Å². The highest BCUT2D eigenvalue weighted by molar-refractivity contribution is 5.91. The predicted molar refractivity (Wildman–Crippen MR) is 60.9 cm³/mol. The van der Waals surface area contributed by atoms with E-state index in [1.165, 1.54) is 0 Å². The summed E-state index contributed by atoms with van der Waals surface area (Å²) in [6, 6.07) is 8.94. The molecule has 0 unspecified atom stereocenters. The highest BCUT2D eigenvalue weighted by Gasteiger charge is 2.26. The van der Waals surface area contributed by atoms with Crippen molar-refractivity contribution in [1.29, 1.82) is 0 Å². The maximum atomic E-state index is 12.0. The lowest BCUT2D eigenvalue weighted by molar-refractivity contribution is -0.131. The van der Waals surface area contributed by atoms with Crippen molar-refractivity contribution in [2.75, 3.05) is 11.9 Å². The summed E-state index contributed by atoms with van der Waals surface area (Å²) in [6.07, 6.45) is -3.32. The monoisotopic (exact) mass is 240 g/mol. The number of fused-ring (bicyclic) bond motifs is 1. The summed E-state index contributed by atoms with van der Waals surface area (Å²) >= 11 is 0. The molecule has 1 aromatic heterocycles. The van der Waals surface area contributed by atoms with E-state index in [-0.39, 0.29) is 6.54 Å². The number of hydrogen-bond acceptors (Lipinski definition) is 2. The first-order valence-electron chi connectivity index (χ1n) is 5.21. The fourth-order valence-electron chi connectivity index (χ4n) is 1.60. The second-order valence-electron chi connectivity index (χ2n) is 3.67. The van der Waals surface area contributed by atoms with E-state index in [4.69, 9.17) is 0 Å². The van der Waals surface area contributed by atoms with Crippen LogP contribution in [0.2, 0.25) is 0 Å². The fraction of sp³-hybridized carbons (Fsp3) is 0.250. The van der Waals surface area contributed by atoms with E-state index in [9.17, 15) is 13.2 Å². The molecule has 0 spiro atoms. The van der Waals surface area contributed by atoms with Gasteiger partial charge in [-0.1, -0.05) is 6.07 Å². The van der Waals surface area contributed by atoms with Gasteiger partial charge in [-0.3, -0.25) is 4.98 Å². The summed E-state index contributed by atoms with van der Waals surface area (Å²) in [5, 5.41) is 3.61. The minimum atomic E-state index is -4.13. The molecule has 0 atom stereocenters. The van der Waals surface area contributed by atoms with E-state index in [0.29, 0.717) is 5.69 Å². The van der Waals surface area contributed by atoms with Crippen LogP contribution < -0.4 is 5.32 Å². The van der Waals surface area contributed by atoms with Crippen molar-refractivity contribution in [3.05, 3.63) is 36.5 Å². The van der Waals surface area contributed by atoms with E-state index >= 15 is 0 Å². The minimum Gasteiger partial charge on any atom is -0.384 e. The van der Waals surface area contributed by atoms with Crippen LogP contribution in [0.25, 0.3) is 10.9 Å². The number of rotatable bonds is 3. The van der Waals surface area contributed by atoms with Crippen LogP contribution in [0.4, 0.5) is 18.9 Å². The molecule has 0 bridgehead atoms. The standard InChI is InChI=1S/C12H11F3N2/c13-12(14,15)6-8-17-11-5-1-4-10-9(11)3-2-7-16-10/h1-5,7,17H,6,8H2. The molecule has 0 saturated carbocycles. The van der Waals surface area contributed by atoms with Crippen LogP contribution in [0.3, 0.4) is 0 Å². The molecule has 0 saturated heterocycles. The van der Waals surface area contributed by atoms with Gasteiger partial charge in [0.1, 0.15) is 0 Å². The van der Waals surface area contributed by atoms with Gasteiger partial charge in [0, 0.05) is 23.8 Å². The number of halogens is 3. The minimum absolute atomic E-state index is 0.127. The second-order valence-corrected chi connectivity index (χ2v) is 3.67. The van der Waals surface area contributed by atoms with Crippen molar-refractivity contribution in [2.45, 2.75) is 12.6 Å². The molecule has 1 N–H and O–H groups in total. The third kappa shape index (κ3) is 3.09. The molecule has 17 heavy (non-hydrogen) atoms. The Labute approximate surface area is 96.5 Å². The van der Waals surface area contributed by atoms with Gasteiger partial charge in [-0.05, 0) is 24.3 Å². The van der Waals surface area contributed by atoms with Crippen LogP contribution in [0, 0.1) is 0 Å². The molecule has 2 aromatic rings. The molecule has 90 valence electrons. The van der Waals surface area contributed by atoms with Crippen LogP contribution in [-0.4, -0.2) is 17.7 Å². The molecular weight excluding hydrogens is 229 g/mol. The highest BCUT2D eigenvalue weighted by Crippen LogP contribution is 2.23. The molecule has 2 nitrogen and oxygen atoms in total. The largest absolute Gasteiger partial charge is 0.390 e. The topological polar surface area (TPSA) is 24.9 Å². The first kappa shape index (κ1) is 11.7. The average Bonchev–Trinajstić information content (AvgIpc) is 2.28. The quantitative estimate of drug-likeness (QED) is 0.886. The molecule has 0 amide bonds. The number of hydrogen-bond donors (Lipinski definition) is 1. The van der Waals surface area contributed by atoms with Gasteiger partial charge in [-0.15, -0.1) is 0 Å². The zero-order valence-electron chi connectivity index (χ0n) is 8.96. The molecule has 5 heteroatoms. The lowest BCUT2D eigenvalue weighted by atomic mass is 10.2. The Balaban J connectivity index is 2.13. The van der Waals surface area contributed by atoms with Gasteiger partial charge in [0.25, 0.3) is 0 Å². The Morgan fingerprint density at radius 3 is 2.71 bits per heavy atom. The van der Waals surface area contributed by atoms with Crippen molar-refractivity contribution >= 4 is 16.6 Å². The Morgan fingerprint density at radius 2 is 1.94 bits per heavy atom. The zero-order valence-corrected chi connectivity index (χ0v) is 8.96. The third-order valence-corrected chi connectivity index (χ3v) is 2.37. The normalized spacial score (nSPS) is 11.7. The van der Waals surface area contributed by atoms with Crippen molar-refractivity contribution in [3.8, 4) is 0 Å². The molecule has 0 aliphatic carbocycles. The number of pyridine rings is 1. The van der Waals surface area contributed by atoms with Crippen molar-refractivity contribution in [3.63, 3.8) is 0 Å². The van der Waals surface area contributed by atoms with Crippen LogP contribution >= 0.6 is 0 Å². The molecule has 2 rings (SSSR count). The lowest BCUT2D eigenvalue weighted by Gasteiger charge is -2.10. The Morgan fingerprint density at radius 1 is 1.12 bits per heavy atom. The van der Waals surface area contributed by atoms with Gasteiger partial charge in [-0.2, -0.15) is 13.2 Å². The molecule has 1 heterocycles. The van der Waals surface area contributed by atoms with E-state index < -0.39 is 12.6 Å². The lowest BCUT2D eigenvalue weighted by Crippen LogP contribution is -2.14. The maximum Gasteiger partial charge on any atom is 0.390 e. The van der Waals surface area contributed by atoms with Crippen LogP contribution in [-0.2, 0) is 0 Å². The Bertz CT molecular complexity index is 503. The molecular formula is C12H11F3N2. The SMILES string of the molecule is FC(F)(F)CCNc1cccc2ncccc12. The van der Waals surface area contributed by atoms with Crippen molar-refractivity contribution in [2.24, 2.45) is 0 Å². The van der Waals surface area contributed by atoms with E-state index in [1.807, 2.05) is 12.1 Å². The Kier molecular flexibility index (Phi) is 3.17.